The smallest absolute Gasteiger partial charge is 0.263 e. The third-order valence-corrected chi connectivity index (χ3v) is 3.90. The second-order valence-corrected chi connectivity index (χ2v) is 5.64. The van der Waals surface area contributed by atoms with Gasteiger partial charge < -0.3 is 0 Å². The Labute approximate surface area is 140 Å². The predicted octanol–water partition coefficient (Wildman–Crippen LogP) is 3.64. The number of hydrogen-bond acceptors (Lipinski definition) is 4. The number of benzene rings is 2. The maximum atomic E-state index is 12.9. The molecular weight excluding hydrogens is 300 g/mol. The highest BCUT2D eigenvalue weighted by Crippen LogP contribution is 2.13. The molecule has 3 aromatic rings. The molecule has 24 heavy (non-hydrogen) atoms. The van der Waals surface area contributed by atoms with Crippen molar-refractivity contribution in [2.24, 2.45) is 5.10 Å². The van der Waals surface area contributed by atoms with Crippen LogP contribution in [0.4, 0.5) is 5.95 Å². The van der Waals surface area contributed by atoms with Crippen molar-refractivity contribution >= 4 is 22.6 Å². The lowest BCUT2D eigenvalue weighted by atomic mass is 10.2. The van der Waals surface area contributed by atoms with Crippen molar-refractivity contribution in [2.75, 3.05) is 5.43 Å². The van der Waals surface area contributed by atoms with E-state index in [1.807, 2.05) is 62.4 Å². The molecule has 0 aliphatic rings. The van der Waals surface area contributed by atoms with Crippen LogP contribution in [0, 0.1) is 0 Å². The molecule has 0 spiro atoms. The molecule has 2 aromatic carbocycles. The van der Waals surface area contributed by atoms with E-state index in [4.69, 9.17) is 0 Å². The Bertz CT molecular complexity index is 929. The molecule has 0 amide bonds. The average Bonchev–Trinajstić information content (AvgIpc) is 2.63. The molecule has 1 aromatic heterocycles. The fraction of sp³-hybridized carbons (Fsp3) is 0.211. The molecule has 0 aliphatic carbocycles. The van der Waals surface area contributed by atoms with Crippen molar-refractivity contribution in [2.45, 2.75) is 26.8 Å². The largest absolute Gasteiger partial charge is 0.272 e. The molecule has 5 nitrogen and oxygen atoms in total. The van der Waals surface area contributed by atoms with Crippen molar-refractivity contribution in [3.8, 4) is 0 Å². The minimum absolute atomic E-state index is 0.0729. The van der Waals surface area contributed by atoms with Gasteiger partial charge in [0.15, 0.2) is 0 Å². The van der Waals surface area contributed by atoms with Crippen LogP contribution in [0.2, 0.25) is 0 Å². The molecule has 5 heteroatoms. The van der Waals surface area contributed by atoms with E-state index in [-0.39, 0.29) is 5.56 Å². The van der Waals surface area contributed by atoms with Crippen LogP contribution in [0.1, 0.15) is 25.8 Å². The van der Waals surface area contributed by atoms with E-state index in [0.29, 0.717) is 23.4 Å². The van der Waals surface area contributed by atoms with Gasteiger partial charge in [-0.05, 0) is 31.0 Å². The molecule has 0 saturated carbocycles. The first-order valence-electron chi connectivity index (χ1n) is 8.01. The average molecular weight is 320 g/mol. The molecule has 0 bridgehead atoms. The number of aromatic nitrogens is 2. The van der Waals surface area contributed by atoms with Gasteiger partial charge >= 0.3 is 0 Å². The van der Waals surface area contributed by atoms with Gasteiger partial charge in [0.1, 0.15) is 0 Å². The summed E-state index contributed by atoms with van der Waals surface area (Å²) in [6, 6.07) is 17.2. The van der Waals surface area contributed by atoms with Gasteiger partial charge in [-0.15, -0.1) is 0 Å². The first kappa shape index (κ1) is 15.9. The van der Waals surface area contributed by atoms with E-state index in [1.165, 1.54) is 0 Å². The van der Waals surface area contributed by atoms with Gasteiger partial charge in [0, 0.05) is 5.71 Å². The Balaban J connectivity index is 2.12. The van der Waals surface area contributed by atoms with Crippen molar-refractivity contribution in [1.82, 2.24) is 9.55 Å². The number of hydrazone groups is 1. The van der Waals surface area contributed by atoms with Gasteiger partial charge in [-0.3, -0.25) is 9.36 Å². The molecule has 1 N–H and O–H groups in total. The van der Waals surface area contributed by atoms with Crippen LogP contribution in [-0.2, 0) is 6.54 Å². The van der Waals surface area contributed by atoms with E-state index in [1.54, 1.807) is 10.6 Å². The summed E-state index contributed by atoms with van der Waals surface area (Å²) in [6.07, 6.45) is 0.837. The van der Waals surface area contributed by atoms with Gasteiger partial charge in [0.05, 0.1) is 17.4 Å². The normalized spacial score (nSPS) is 11.7. The summed E-state index contributed by atoms with van der Waals surface area (Å²) in [5.74, 6) is 0.454. The lowest BCUT2D eigenvalue weighted by molar-refractivity contribution is 0.754. The van der Waals surface area contributed by atoms with Crippen molar-refractivity contribution in [3.05, 3.63) is 70.5 Å². The molecule has 0 unspecified atom stereocenters. The monoisotopic (exact) mass is 320 g/mol. The van der Waals surface area contributed by atoms with Gasteiger partial charge in [0.2, 0.25) is 5.95 Å². The van der Waals surface area contributed by atoms with Crippen LogP contribution < -0.4 is 11.0 Å². The van der Waals surface area contributed by atoms with Gasteiger partial charge in [0.25, 0.3) is 5.56 Å². The predicted molar refractivity (Wildman–Crippen MR) is 98.6 cm³/mol. The first-order chi connectivity index (χ1) is 11.7. The zero-order valence-electron chi connectivity index (χ0n) is 13.9. The highest BCUT2D eigenvalue weighted by Gasteiger charge is 2.11. The molecule has 0 atom stereocenters. The fourth-order valence-corrected chi connectivity index (χ4v) is 2.39. The molecule has 0 fully saturated rings. The number of nitrogens with one attached hydrogen (secondary N) is 1. The number of hydrogen-bond donors (Lipinski definition) is 1. The Morgan fingerprint density at radius 2 is 1.83 bits per heavy atom. The summed E-state index contributed by atoms with van der Waals surface area (Å²) in [5, 5.41) is 4.91. The molecule has 0 saturated heterocycles. The Hall–Kier alpha value is -2.95. The molecule has 1 heterocycles. The van der Waals surface area contributed by atoms with Crippen LogP contribution in [0.3, 0.4) is 0 Å². The molecule has 122 valence electrons. The zero-order valence-corrected chi connectivity index (χ0v) is 13.9. The van der Waals surface area contributed by atoms with Crippen molar-refractivity contribution in [1.29, 1.82) is 0 Å². The topological polar surface area (TPSA) is 59.3 Å². The number of anilines is 1. The SMILES string of the molecule is CCC(C)=NNc1nc2ccccc2c(=O)n1Cc1ccccc1. The first-order valence-corrected chi connectivity index (χ1v) is 8.01. The lowest BCUT2D eigenvalue weighted by Crippen LogP contribution is -2.25. The third kappa shape index (κ3) is 3.35. The van der Waals surface area contributed by atoms with E-state index in [9.17, 15) is 4.79 Å². The summed E-state index contributed by atoms with van der Waals surface area (Å²) < 4.78 is 1.63. The van der Waals surface area contributed by atoms with Crippen LogP contribution in [0.5, 0.6) is 0 Å². The fourth-order valence-electron chi connectivity index (χ4n) is 2.39. The summed E-state index contributed by atoms with van der Waals surface area (Å²) >= 11 is 0. The second-order valence-electron chi connectivity index (χ2n) is 5.64. The Morgan fingerprint density at radius 1 is 1.12 bits per heavy atom. The van der Waals surface area contributed by atoms with Crippen LogP contribution in [0.15, 0.2) is 64.5 Å². The number of rotatable bonds is 5. The maximum Gasteiger partial charge on any atom is 0.263 e. The summed E-state index contributed by atoms with van der Waals surface area (Å²) in [5.41, 5.74) is 5.54. The highest BCUT2D eigenvalue weighted by molar-refractivity contribution is 5.82. The van der Waals surface area contributed by atoms with Gasteiger partial charge in [-0.25, -0.2) is 10.4 Å². The van der Waals surface area contributed by atoms with Crippen molar-refractivity contribution < 1.29 is 0 Å². The minimum atomic E-state index is -0.0729. The minimum Gasteiger partial charge on any atom is -0.272 e. The lowest BCUT2D eigenvalue weighted by Gasteiger charge is -2.13. The number of para-hydroxylation sites is 1. The van der Waals surface area contributed by atoms with Crippen LogP contribution >= 0.6 is 0 Å². The van der Waals surface area contributed by atoms with Gasteiger partial charge in [-0.1, -0.05) is 49.4 Å². The van der Waals surface area contributed by atoms with Crippen LogP contribution in [-0.4, -0.2) is 15.3 Å². The molecule has 3 rings (SSSR count). The van der Waals surface area contributed by atoms with Crippen molar-refractivity contribution in [3.63, 3.8) is 0 Å². The Morgan fingerprint density at radius 3 is 2.58 bits per heavy atom. The quantitative estimate of drug-likeness (QED) is 0.577. The zero-order chi connectivity index (χ0) is 16.9. The van der Waals surface area contributed by atoms with E-state index in [2.05, 4.69) is 15.5 Å². The summed E-state index contributed by atoms with van der Waals surface area (Å²) in [7, 11) is 0. The second kappa shape index (κ2) is 7.08. The summed E-state index contributed by atoms with van der Waals surface area (Å²) in [6.45, 7) is 4.42. The number of fused-ring (bicyclic) bond motifs is 1. The number of nitrogens with zero attached hydrogens (tertiary/aromatic N) is 3. The maximum absolute atomic E-state index is 12.9. The molecule has 0 aliphatic heterocycles. The standard InChI is InChI=1S/C19H20N4O/c1-3-14(2)21-22-19-20-17-12-8-7-11-16(17)18(24)23(19)13-15-9-5-4-6-10-15/h4-12H,3,13H2,1-2H3,(H,20,22). The molecule has 0 radical (unpaired) electrons. The van der Waals surface area contributed by atoms with Gasteiger partial charge in [-0.2, -0.15) is 5.10 Å². The van der Waals surface area contributed by atoms with Crippen LogP contribution in [0.25, 0.3) is 10.9 Å². The van der Waals surface area contributed by atoms with E-state index < -0.39 is 0 Å². The highest BCUT2D eigenvalue weighted by atomic mass is 16.1. The Kier molecular flexibility index (Phi) is 4.70. The molecular formula is C19H20N4O. The summed E-state index contributed by atoms with van der Waals surface area (Å²) in [4.78, 5) is 17.5. The van der Waals surface area contributed by atoms with E-state index >= 15 is 0 Å². The van der Waals surface area contributed by atoms with E-state index in [0.717, 1.165) is 17.7 Å². The third-order valence-electron chi connectivity index (χ3n) is 3.90.